The highest BCUT2D eigenvalue weighted by molar-refractivity contribution is 6.30. The molecule has 0 aromatic heterocycles. The summed E-state index contributed by atoms with van der Waals surface area (Å²) in [5, 5.41) is 3.20. The van der Waals surface area contributed by atoms with E-state index in [0.717, 1.165) is 11.6 Å². The van der Waals surface area contributed by atoms with Crippen LogP contribution in [0.5, 0.6) is 0 Å². The summed E-state index contributed by atoms with van der Waals surface area (Å²) in [4.78, 5) is 11.7. The van der Waals surface area contributed by atoms with E-state index < -0.39 is 5.82 Å². The zero-order valence-electron chi connectivity index (χ0n) is 11.1. The number of amides is 1. The standard InChI is InChI=1S/C15H14ClFN2O2/c16-11-3-1-10(2-4-11)8-21-9-15(20)19-14-6-5-12(17)7-13(14)18/h1-7H,8-9,18H2,(H,19,20). The number of ether oxygens (including phenoxy) is 1. The summed E-state index contributed by atoms with van der Waals surface area (Å²) in [6.07, 6.45) is 0. The molecule has 0 aliphatic rings. The number of carbonyl (C=O) groups is 1. The molecular weight excluding hydrogens is 295 g/mol. The van der Waals surface area contributed by atoms with Crippen LogP contribution < -0.4 is 11.1 Å². The number of benzene rings is 2. The summed E-state index contributed by atoms with van der Waals surface area (Å²) in [5.41, 5.74) is 7.03. The highest BCUT2D eigenvalue weighted by Crippen LogP contribution is 2.18. The molecule has 2 aromatic carbocycles. The number of halogens is 2. The van der Waals surface area contributed by atoms with E-state index in [1.54, 1.807) is 12.1 Å². The van der Waals surface area contributed by atoms with Crippen LogP contribution in [0.25, 0.3) is 0 Å². The third kappa shape index (κ3) is 4.73. The van der Waals surface area contributed by atoms with Crippen molar-refractivity contribution >= 4 is 28.9 Å². The molecule has 3 N–H and O–H groups in total. The van der Waals surface area contributed by atoms with Crippen molar-refractivity contribution in [3.8, 4) is 0 Å². The monoisotopic (exact) mass is 308 g/mol. The maximum atomic E-state index is 12.9. The van der Waals surface area contributed by atoms with Crippen LogP contribution in [0.3, 0.4) is 0 Å². The molecule has 0 saturated heterocycles. The lowest BCUT2D eigenvalue weighted by atomic mass is 10.2. The van der Waals surface area contributed by atoms with Gasteiger partial charge < -0.3 is 15.8 Å². The van der Waals surface area contributed by atoms with Gasteiger partial charge in [-0.05, 0) is 35.9 Å². The number of nitrogen functional groups attached to an aromatic ring is 1. The minimum absolute atomic E-state index is 0.126. The summed E-state index contributed by atoms with van der Waals surface area (Å²) < 4.78 is 18.2. The van der Waals surface area contributed by atoms with Crippen LogP contribution in [0.1, 0.15) is 5.56 Å². The Kier molecular flexibility index (Phi) is 5.14. The summed E-state index contributed by atoms with van der Waals surface area (Å²) in [7, 11) is 0. The third-order valence-corrected chi connectivity index (χ3v) is 2.95. The van der Waals surface area contributed by atoms with Gasteiger partial charge >= 0.3 is 0 Å². The number of carbonyl (C=O) groups excluding carboxylic acids is 1. The second kappa shape index (κ2) is 7.06. The normalized spacial score (nSPS) is 10.4. The first-order valence-electron chi connectivity index (χ1n) is 6.21. The van der Waals surface area contributed by atoms with Crippen LogP contribution in [-0.2, 0) is 16.1 Å². The van der Waals surface area contributed by atoms with E-state index in [1.807, 2.05) is 12.1 Å². The van der Waals surface area contributed by atoms with Gasteiger partial charge in [0, 0.05) is 5.02 Å². The minimum Gasteiger partial charge on any atom is -0.397 e. The number of rotatable bonds is 5. The smallest absolute Gasteiger partial charge is 0.250 e. The lowest BCUT2D eigenvalue weighted by Gasteiger charge is -2.09. The predicted octanol–water partition coefficient (Wildman–Crippen LogP) is 3.22. The molecule has 110 valence electrons. The molecule has 0 heterocycles. The lowest BCUT2D eigenvalue weighted by Crippen LogP contribution is -2.19. The molecule has 6 heteroatoms. The molecule has 21 heavy (non-hydrogen) atoms. The molecule has 0 saturated carbocycles. The van der Waals surface area contributed by atoms with E-state index in [0.29, 0.717) is 17.3 Å². The number of nitrogens with two attached hydrogens (primary N) is 1. The Morgan fingerprint density at radius 2 is 1.95 bits per heavy atom. The van der Waals surface area contributed by atoms with Gasteiger partial charge in [-0.1, -0.05) is 23.7 Å². The van der Waals surface area contributed by atoms with Gasteiger partial charge in [0.15, 0.2) is 0 Å². The third-order valence-electron chi connectivity index (χ3n) is 2.70. The zero-order chi connectivity index (χ0) is 15.2. The van der Waals surface area contributed by atoms with Crippen LogP contribution in [0.15, 0.2) is 42.5 Å². The molecular formula is C15H14ClFN2O2. The number of hydrogen-bond acceptors (Lipinski definition) is 3. The van der Waals surface area contributed by atoms with Crippen molar-refractivity contribution in [3.63, 3.8) is 0 Å². The van der Waals surface area contributed by atoms with Gasteiger partial charge in [0.2, 0.25) is 5.91 Å². The fraction of sp³-hybridized carbons (Fsp3) is 0.133. The van der Waals surface area contributed by atoms with E-state index in [9.17, 15) is 9.18 Å². The van der Waals surface area contributed by atoms with Crippen LogP contribution in [0.2, 0.25) is 5.02 Å². The average molecular weight is 309 g/mol. The van der Waals surface area contributed by atoms with Crippen LogP contribution in [-0.4, -0.2) is 12.5 Å². The number of nitrogens with one attached hydrogen (secondary N) is 1. The zero-order valence-corrected chi connectivity index (χ0v) is 11.9. The van der Waals surface area contributed by atoms with Gasteiger partial charge in [-0.15, -0.1) is 0 Å². The topological polar surface area (TPSA) is 64.3 Å². The van der Waals surface area contributed by atoms with Crippen LogP contribution in [0, 0.1) is 5.82 Å². The van der Waals surface area contributed by atoms with Crippen LogP contribution >= 0.6 is 11.6 Å². The maximum absolute atomic E-state index is 12.9. The Morgan fingerprint density at radius 3 is 2.62 bits per heavy atom. The molecule has 0 atom stereocenters. The first-order chi connectivity index (χ1) is 10.0. The van der Waals surface area contributed by atoms with Gasteiger partial charge in [-0.25, -0.2) is 4.39 Å². The fourth-order valence-corrected chi connectivity index (χ4v) is 1.80. The molecule has 4 nitrogen and oxygen atoms in total. The summed E-state index contributed by atoms with van der Waals surface area (Å²) in [6, 6.07) is 10.9. The second-order valence-corrected chi connectivity index (χ2v) is 4.84. The van der Waals surface area contributed by atoms with Crippen molar-refractivity contribution in [2.45, 2.75) is 6.61 Å². The second-order valence-electron chi connectivity index (χ2n) is 4.40. The first-order valence-corrected chi connectivity index (χ1v) is 6.59. The van der Waals surface area contributed by atoms with Crippen molar-refractivity contribution in [3.05, 3.63) is 58.9 Å². The van der Waals surface area contributed by atoms with E-state index >= 15 is 0 Å². The van der Waals surface area contributed by atoms with Crippen LogP contribution in [0.4, 0.5) is 15.8 Å². The highest BCUT2D eigenvalue weighted by atomic mass is 35.5. The predicted molar refractivity (Wildman–Crippen MR) is 80.6 cm³/mol. The Balaban J connectivity index is 1.81. The van der Waals surface area contributed by atoms with Gasteiger partial charge in [-0.3, -0.25) is 4.79 Å². The fourth-order valence-electron chi connectivity index (χ4n) is 1.68. The summed E-state index contributed by atoms with van der Waals surface area (Å²) >= 11 is 5.77. The molecule has 2 rings (SSSR count). The molecule has 0 aliphatic heterocycles. The Hall–Kier alpha value is -2.11. The summed E-state index contributed by atoms with van der Waals surface area (Å²) in [5.74, 6) is -0.813. The molecule has 0 unspecified atom stereocenters. The minimum atomic E-state index is -0.454. The maximum Gasteiger partial charge on any atom is 0.250 e. The lowest BCUT2D eigenvalue weighted by molar-refractivity contribution is -0.121. The Labute approximate surface area is 126 Å². The van der Waals surface area contributed by atoms with Crippen molar-refractivity contribution in [2.24, 2.45) is 0 Å². The van der Waals surface area contributed by atoms with E-state index in [4.69, 9.17) is 22.1 Å². The molecule has 0 radical (unpaired) electrons. The van der Waals surface area contributed by atoms with Gasteiger partial charge in [0.05, 0.1) is 18.0 Å². The molecule has 2 aromatic rings. The summed E-state index contributed by atoms with van der Waals surface area (Å²) in [6.45, 7) is 0.170. The van der Waals surface area contributed by atoms with Gasteiger partial charge in [0.1, 0.15) is 12.4 Å². The largest absolute Gasteiger partial charge is 0.397 e. The van der Waals surface area contributed by atoms with Crippen molar-refractivity contribution < 1.29 is 13.9 Å². The van der Waals surface area contributed by atoms with Crippen molar-refractivity contribution in [2.75, 3.05) is 17.7 Å². The molecule has 1 amide bonds. The van der Waals surface area contributed by atoms with E-state index in [2.05, 4.69) is 5.32 Å². The molecule has 0 aliphatic carbocycles. The SMILES string of the molecule is Nc1cc(F)ccc1NC(=O)COCc1ccc(Cl)cc1. The average Bonchev–Trinajstić information content (AvgIpc) is 2.44. The Bertz CT molecular complexity index is 632. The van der Waals surface area contributed by atoms with Gasteiger partial charge in [0.25, 0.3) is 0 Å². The number of anilines is 2. The Morgan fingerprint density at radius 1 is 1.24 bits per heavy atom. The quantitative estimate of drug-likeness (QED) is 0.834. The first kappa shape index (κ1) is 15.3. The van der Waals surface area contributed by atoms with E-state index in [1.165, 1.54) is 12.1 Å². The number of hydrogen-bond donors (Lipinski definition) is 2. The van der Waals surface area contributed by atoms with Crippen molar-refractivity contribution in [1.29, 1.82) is 0 Å². The van der Waals surface area contributed by atoms with Crippen molar-refractivity contribution in [1.82, 2.24) is 0 Å². The molecule has 0 fully saturated rings. The molecule has 0 bridgehead atoms. The van der Waals surface area contributed by atoms with Gasteiger partial charge in [-0.2, -0.15) is 0 Å². The van der Waals surface area contributed by atoms with E-state index in [-0.39, 0.29) is 18.2 Å². The highest BCUT2D eigenvalue weighted by Gasteiger charge is 2.06. The molecule has 0 spiro atoms.